The third-order valence-corrected chi connectivity index (χ3v) is 4.29. The van der Waals surface area contributed by atoms with Gasteiger partial charge in [0.1, 0.15) is 5.75 Å². The van der Waals surface area contributed by atoms with Gasteiger partial charge in [-0.05, 0) is 43.3 Å². The van der Waals surface area contributed by atoms with Gasteiger partial charge < -0.3 is 9.30 Å². The average molecular weight is 330 g/mol. The molecule has 0 aliphatic rings. The Bertz CT molecular complexity index is 1050. The monoisotopic (exact) mass is 330 g/mol. The summed E-state index contributed by atoms with van der Waals surface area (Å²) in [6.07, 6.45) is -0.496. The van der Waals surface area contributed by atoms with Crippen LogP contribution in [0.2, 0.25) is 0 Å². The predicted octanol–water partition coefficient (Wildman–Crippen LogP) is 5.43. The topological polar surface area (TPSA) is 43.3 Å². The molecule has 0 bridgehead atoms. The van der Waals surface area contributed by atoms with E-state index in [4.69, 9.17) is 4.74 Å². The van der Waals surface area contributed by atoms with E-state index >= 15 is 0 Å². The summed E-state index contributed by atoms with van der Waals surface area (Å²) in [5, 5.41) is 5.10. The van der Waals surface area contributed by atoms with E-state index in [0.29, 0.717) is 11.4 Å². The molecule has 0 aliphatic carbocycles. The molecule has 124 valence electrons. The number of hydrogen-bond donors (Lipinski definition) is 1. The molecule has 3 aromatic carbocycles. The van der Waals surface area contributed by atoms with Gasteiger partial charge in [-0.2, -0.15) is 0 Å². The summed E-state index contributed by atoms with van der Waals surface area (Å²) < 4.78 is 7.56. The van der Waals surface area contributed by atoms with Crippen molar-refractivity contribution in [3.8, 4) is 5.75 Å². The fourth-order valence-electron chi connectivity index (χ4n) is 3.21. The summed E-state index contributed by atoms with van der Waals surface area (Å²) in [6.45, 7) is 3.03. The van der Waals surface area contributed by atoms with Crippen molar-refractivity contribution in [1.82, 2.24) is 4.57 Å². The van der Waals surface area contributed by atoms with E-state index in [0.717, 1.165) is 17.4 Å². The molecule has 25 heavy (non-hydrogen) atoms. The van der Waals surface area contributed by atoms with Crippen LogP contribution in [0.5, 0.6) is 5.75 Å². The summed E-state index contributed by atoms with van der Waals surface area (Å²) in [7, 11) is 0. The summed E-state index contributed by atoms with van der Waals surface area (Å²) in [6, 6.07) is 23.3. The van der Waals surface area contributed by atoms with E-state index in [1.54, 1.807) is 12.1 Å². The SMILES string of the molecule is CCn1c2ccccc2c2cc(NC(=O)Oc3ccccc3)ccc21. The Morgan fingerprint density at radius 2 is 1.64 bits per heavy atom. The maximum Gasteiger partial charge on any atom is 0.417 e. The number of aromatic nitrogens is 1. The van der Waals surface area contributed by atoms with Gasteiger partial charge in [0.05, 0.1) is 0 Å². The van der Waals surface area contributed by atoms with Crippen LogP contribution in [-0.4, -0.2) is 10.7 Å². The largest absolute Gasteiger partial charge is 0.417 e. The Labute approximate surface area is 145 Å². The number of nitrogens with one attached hydrogen (secondary N) is 1. The molecule has 0 spiro atoms. The number of carbonyl (C=O) groups is 1. The minimum atomic E-state index is -0.496. The van der Waals surface area contributed by atoms with Crippen LogP contribution in [0.25, 0.3) is 21.8 Å². The lowest BCUT2D eigenvalue weighted by Gasteiger charge is -2.07. The van der Waals surface area contributed by atoms with Crippen LogP contribution < -0.4 is 10.1 Å². The zero-order valence-electron chi connectivity index (χ0n) is 13.9. The van der Waals surface area contributed by atoms with Crippen molar-refractivity contribution >= 4 is 33.6 Å². The average Bonchev–Trinajstić information content (AvgIpc) is 2.95. The molecular weight excluding hydrogens is 312 g/mol. The number of amides is 1. The Balaban J connectivity index is 1.67. The minimum absolute atomic E-state index is 0.496. The van der Waals surface area contributed by atoms with Crippen molar-refractivity contribution in [2.75, 3.05) is 5.32 Å². The molecule has 4 aromatic rings. The van der Waals surface area contributed by atoms with E-state index in [9.17, 15) is 4.79 Å². The second kappa shape index (κ2) is 6.32. The molecule has 4 heteroatoms. The minimum Gasteiger partial charge on any atom is -0.410 e. The number of hydrogen-bond acceptors (Lipinski definition) is 2. The van der Waals surface area contributed by atoms with E-state index < -0.39 is 6.09 Å². The molecule has 0 saturated carbocycles. The van der Waals surface area contributed by atoms with Crippen LogP contribution in [0, 0.1) is 0 Å². The molecule has 1 heterocycles. The standard InChI is InChI=1S/C21H18N2O2/c1-2-23-19-11-7-6-10-17(19)18-14-15(12-13-20(18)23)22-21(24)25-16-8-4-3-5-9-16/h3-14H,2H2,1H3,(H,22,24). The highest BCUT2D eigenvalue weighted by atomic mass is 16.6. The van der Waals surface area contributed by atoms with Crippen LogP contribution >= 0.6 is 0 Å². The smallest absolute Gasteiger partial charge is 0.410 e. The molecular formula is C21H18N2O2. The number of fused-ring (bicyclic) bond motifs is 3. The van der Waals surface area contributed by atoms with Crippen LogP contribution in [-0.2, 0) is 6.54 Å². The van der Waals surface area contributed by atoms with Crippen molar-refractivity contribution < 1.29 is 9.53 Å². The number of carbonyl (C=O) groups excluding carboxylic acids is 1. The number of para-hydroxylation sites is 2. The lowest BCUT2D eigenvalue weighted by Crippen LogP contribution is -2.16. The highest BCUT2D eigenvalue weighted by molar-refractivity contribution is 6.09. The lowest BCUT2D eigenvalue weighted by molar-refractivity contribution is 0.215. The molecule has 4 nitrogen and oxygen atoms in total. The Kier molecular flexibility index (Phi) is 3.86. The molecule has 0 atom stereocenters. The van der Waals surface area contributed by atoms with E-state index in [1.165, 1.54) is 10.9 Å². The van der Waals surface area contributed by atoms with Gasteiger partial charge in [-0.3, -0.25) is 5.32 Å². The fourth-order valence-corrected chi connectivity index (χ4v) is 3.21. The van der Waals surface area contributed by atoms with Crippen LogP contribution in [0.4, 0.5) is 10.5 Å². The second-order valence-electron chi connectivity index (χ2n) is 5.82. The molecule has 1 aromatic heterocycles. The first-order valence-electron chi connectivity index (χ1n) is 8.31. The molecule has 0 aliphatic heterocycles. The third kappa shape index (κ3) is 2.83. The molecule has 0 unspecified atom stereocenters. The van der Waals surface area contributed by atoms with Crippen molar-refractivity contribution in [2.24, 2.45) is 0 Å². The number of ether oxygens (including phenoxy) is 1. The molecule has 0 fully saturated rings. The van der Waals surface area contributed by atoms with E-state index in [2.05, 4.69) is 28.9 Å². The maximum atomic E-state index is 12.1. The maximum absolute atomic E-state index is 12.1. The highest BCUT2D eigenvalue weighted by Crippen LogP contribution is 2.31. The van der Waals surface area contributed by atoms with Gasteiger partial charge in [0.2, 0.25) is 0 Å². The first kappa shape index (κ1) is 15.3. The third-order valence-electron chi connectivity index (χ3n) is 4.29. The van der Waals surface area contributed by atoms with Gasteiger partial charge in [-0.1, -0.05) is 36.4 Å². The zero-order chi connectivity index (χ0) is 17.2. The molecule has 0 radical (unpaired) electrons. The van der Waals surface area contributed by atoms with Crippen molar-refractivity contribution in [3.63, 3.8) is 0 Å². The van der Waals surface area contributed by atoms with Gasteiger partial charge in [-0.15, -0.1) is 0 Å². The van der Waals surface area contributed by atoms with E-state index in [-0.39, 0.29) is 0 Å². The summed E-state index contributed by atoms with van der Waals surface area (Å²) in [4.78, 5) is 12.1. The van der Waals surface area contributed by atoms with Crippen LogP contribution in [0.15, 0.2) is 72.8 Å². The Morgan fingerprint density at radius 3 is 2.44 bits per heavy atom. The molecule has 0 saturated heterocycles. The first-order valence-corrected chi connectivity index (χ1v) is 8.31. The van der Waals surface area contributed by atoms with Gasteiger partial charge in [0, 0.05) is 34.0 Å². The van der Waals surface area contributed by atoms with Crippen molar-refractivity contribution in [1.29, 1.82) is 0 Å². The van der Waals surface area contributed by atoms with Crippen LogP contribution in [0.1, 0.15) is 6.92 Å². The molecule has 1 amide bonds. The number of nitrogens with zero attached hydrogens (tertiary/aromatic N) is 1. The highest BCUT2D eigenvalue weighted by Gasteiger charge is 2.11. The van der Waals surface area contributed by atoms with Gasteiger partial charge >= 0.3 is 6.09 Å². The number of anilines is 1. The van der Waals surface area contributed by atoms with Crippen molar-refractivity contribution in [2.45, 2.75) is 13.5 Å². The quantitative estimate of drug-likeness (QED) is 0.544. The first-order chi connectivity index (χ1) is 12.3. The predicted molar refractivity (Wildman–Crippen MR) is 101 cm³/mol. The number of rotatable bonds is 3. The number of benzene rings is 3. The summed E-state index contributed by atoms with van der Waals surface area (Å²) >= 11 is 0. The Morgan fingerprint density at radius 1 is 0.920 bits per heavy atom. The zero-order valence-corrected chi connectivity index (χ0v) is 13.9. The number of aryl methyl sites for hydroxylation is 1. The van der Waals surface area contributed by atoms with Gasteiger partial charge in [-0.25, -0.2) is 4.79 Å². The normalized spacial score (nSPS) is 10.9. The summed E-state index contributed by atoms with van der Waals surface area (Å²) in [5.41, 5.74) is 3.07. The molecule has 4 rings (SSSR count). The second-order valence-corrected chi connectivity index (χ2v) is 5.82. The van der Waals surface area contributed by atoms with Gasteiger partial charge in [0.25, 0.3) is 0 Å². The fraction of sp³-hybridized carbons (Fsp3) is 0.0952. The summed E-state index contributed by atoms with van der Waals surface area (Å²) in [5.74, 6) is 0.517. The van der Waals surface area contributed by atoms with Crippen LogP contribution in [0.3, 0.4) is 0 Å². The lowest BCUT2D eigenvalue weighted by atomic mass is 10.1. The van der Waals surface area contributed by atoms with Gasteiger partial charge in [0.15, 0.2) is 0 Å². The Hall–Kier alpha value is -3.27. The van der Waals surface area contributed by atoms with Crippen molar-refractivity contribution in [3.05, 3.63) is 72.8 Å². The molecule has 1 N–H and O–H groups in total. The van der Waals surface area contributed by atoms with E-state index in [1.807, 2.05) is 48.5 Å².